The summed E-state index contributed by atoms with van der Waals surface area (Å²) in [6, 6.07) is 6.58. The fraction of sp³-hybridized carbons (Fsp3) is 0.300. The van der Waals surface area contributed by atoms with Gasteiger partial charge in [0.25, 0.3) is 0 Å². The van der Waals surface area contributed by atoms with E-state index in [0.29, 0.717) is 5.69 Å². The van der Waals surface area contributed by atoms with Crippen LogP contribution in [-0.4, -0.2) is 40.9 Å². The number of halogens is 3. The molecule has 5 rings (SSSR count). The Morgan fingerprint density at radius 3 is 2.45 bits per heavy atom. The minimum atomic E-state index is -0.714. The molecule has 2 fully saturated rings. The molecule has 152 valence electrons. The molecule has 0 amide bonds. The lowest BCUT2D eigenvalue weighted by molar-refractivity contribution is 0.120. The van der Waals surface area contributed by atoms with Crippen LogP contribution in [0.3, 0.4) is 0 Å². The van der Waals surface area contributed by atoms with Gasteiger partial charge < -0.3 is 15.5 Å². The van der Waals surface area contributed by atoms with Crippen LogP contribution in [0.25, 0.3) is 5.69 Å². The van der Waals surface area contributed by atoms with E-state index in [1.54, 1.807) is 6.07 Å². The first-order valence-corrected chi connectivity index (χ1v) is 9.32. The molecule has 2 N–H and O–H groups in total. The van der Waals surface area contributed by atoms with Gasteiger partial charge in [-0.1, -0.05) is 0 Å². The summed E-state index contributed by atoms with van der Waals surface area (Å²) in [6.45, 7) is 5.51. The quantitative estimate of drug-likeness (QED) is 0.701. The molecule has 2 aliphatic heterocycles. The topological polar surface area (TPSA) is 58.0 Å². The minimum Gasteiger partial charge on any atom is -0.368 e. The van der Waals surface area contributed by atoms with E-state index in [4.69, 9.17) is 0 Å². The first-order chi connectivity index (χ1) is 13.9. The van der Waals surface area contributed by atoms with E-state index < -0.39 is 11.6 Å². The number of hydrogen-bond acceptors (Lipinski definition) is 5. The monoisotopic (exact) mass is 402 g/mol. The third-order valence-corrected chi connectivity index (χ3v) is 5.44. The summed E-state index contributed by atoms with van der Waals surface area (Å²) >= 11 is 0. The number of nitrogens with zero attached hydrogens (tertiary/aromatic N) is 4. The Kier molecular flexibility index (Phi) is 4.02. The SMILES string of the molecule is Cc1cc(Nc2ncn(-c3cc(F)cc(F)c3)n2)c(F)c(N2CC3(CNC3)C2)c1.[HH]. The molecule has 6 nitrogen and oxygen atoms in total. The number of rotatable bonds is 4. The molecule has 0 atom stereocenters. The van der Waals surface area contributed by atoms with Crippen LogP contribution >= 0.6 is 0 Å². The number of anilines is 3. The molecule has 1 spiro atoms. The molecule has 2 saturated heterocycles. The molecule has 0 aliphatic carbocycles. The van der Waals surface area contributed by atoms with Crippen LogP contribution in [0.15, 0.2) is 36.7 Å². The average Bonchev–Trinajstić information content (AvgIpc) is 3.04. The second-order valence-electron chi connectivity index (χ2n) is 7.87. The zero-order chi connectivity index (χ0) is 20.2. The molecule has 3 aromatic rings. The lowest BCUT2D eigenvalue weighted by Gasteiger charge is -2.57. The van der Waals surface area contributed by atoms with Crippen molar-refractivity contribution in [2.24, 2.45) is 5.41 Å². The van der Waals surface area contributed by atoms with Crippen molar-refractivity contribution in [3.8, 4) is 5.69 Å². The molecule has 0 saturated carbocycles. The van der Waals surface area contributed by atoms with E-state index in [9.17, 15) is 8.78 Å². The van der Waals surface area contributed by atoms with Gasteiger partial charge in [-0.05, 0) is 36.8 Å². The Labute approximate surface area is 166 Å². The summed E-state index contributed by atoms with van der Waals surface area (Å²) in [7, 11) is 0. The Balaban J connectivity index is 0.00000218. The standard InChI is InChI=1S/C20H19F3N6.H2/c1-12-2-16(18(23)17(3-12)28-9-20(10-28)7-24-8-20)26-19-25-11-29(27-19)15-5-13(21)4-14(22)6-15;/h2-6,11,24H,7-10H2,1H3,(H,26,27);1H. The van der Waals surface area contributed by atoms with Crippen molar-refractivity contribution in [3.05, 3.63) is 59.7 Å². The maximum atomic E-state index is 15.1. The highest BCUT2D eigenvalue weighted by atomic mass is 19.1. The van der Waals surface area contributed by atoms with Crippen molar-refractivity contribution in [3.63, 3.8) is 0 Å². The minimum absolute atomic E-state index is 0. The smallest absolute Gasteiger partial charge is 0.247 e. The van der Waals surface area contributed by atoms with Gasteiger partial charge in [-0.15, -0.1) is 5.10 Å². The number of aryl methyl sites for hydroxylation is 1. The van der Waals surface area contributed by atoms with Crippen LogP contribution in [0.5, 0.6) is 0 Å². The average molecular weight is 402 g/mol. The van der Waals surface area contributed by atoms with Crippen LogP contribution in [0.1, 0.15) is 6.99 Å². The Hall–Kier alpha value is -3.07. The first-order valence-electron chi connectivity index (χ1n) is 9.32. The van der Waals surface area contributed by atoms with E-state index in [0.717, 1.165) is 49.9 Å². The van der Waals surface area contributed by atoms with Crippen LogP contribution in [0.4, 0.5) is 30.5 Å². The summed E-state index contributed by atoms with van der Waals surface area (Å²) in [6.07, 6.45) is 1.31. The summed E-state index contributed by atoms with van der Waals surface area (Å²) in [5, 5.41) is 10.3. The predicted octanol–water partition coefficient (Wildman–Crippen LogP) is 3.39. The van der Waals surface area contributed by atoms with Gasteiger partial charge in [-0.2, -0.15) is 4.98 Å². The second-order valence-corrected chi connectivity index (χ2v) is 7.87. The maximum Gasteiger partial charge on any atom is 0.247 e. The summed E-state index contributed by atoms with van der Waals surface area (Å²) in [5.41, 5.74) is 2.19. The van der Waals surface area contributed by atoms with Crippen molar-refractivity contribution in [1.82, 2.24) is 20.1 Å². The van der Waals surface area contributed by atoms with E-state index in [1.165, 1.54) is 11.0 Å². The van der Waals surface area contributed by atoms with Crippen molar-refractivity contribution < 1.29 is 14.6 Å². The van der Waals surface area contributed by atoms with Gasteiger partial charge in [0.2, 0.25) is 5.95 Å². The van der Waals surface area contributed by atoms with E-state index >= 15 is 4.39 Å². The van der Waals surface area contributed by atoms with Gasteiger partial charge in [-0.3, -0.25) is 0 Å². The molecule has 2 aromatic carbocycles. The van der Waals surface area contributed by atoms with Gasteiger partial charge in [0.15, 0.2) is 5.82 Å². The highest BCUT2D eigenvalue weighted by molar-refractivity contribution is 5.66. The fourth-order valence-electron chi connectivity index (χ4n) is 3.94. The van der Waals surface area contributed by atoms with Crippen LogP contribution < -0.4 is 15.5 Å². The normalized spacial score (nSPS) is 17.2. The van der Waals surface area contributed by atoms with Gasteiger partial charge in [0.1, 0.15) is 18.0 Å². The zero-order valence-corrected chi connectivity index (χ0v) is 15.7. The maximum absolute atomic E-state index is 15.1. The number of hydrogen-bond donors (Lipinski definition) is 2. The summed E-state index contributed by atoms with van der Waals surface area (Å²) in [5.74, 6) is -1.67. The van der Waals surface area contributed by atoms with E-state index in [1.807, 2.05) is 17.9 Å². The fourth-order valence-corrected chi connectivity index (χ4v) is 3.94. The van der Waals surface area contributed by atoms with Crippen molar-refractivity contribution >= 4 is 17.3 Å². The molecule has 3 heterocycles. The summed E-state index contributed by atoms with van der Waals surface area (Å²) in [4.78, 5) is 6.12. The Morgan fingerprint density at radius 1 is 1.07 bits per heavy atom. The van der Waals surface area contributed by atoms with Crippen LogP contribution in [-0.2, 0) is 0 Å². The molecule has 1 aromatic heterocycles. The highest BCUT2D eigenvalue weighted by Crippen LogP contribution is 2.40. The molecule has 2 aliphatic rings. The molecule has 0 bridgehead atoms. The molecular weight excluding hydrogens is 381 g/mol. The third-order valence-electron chi connectivity index (χ3n) is 5.44. The van der Waals surface area contributed by atoms with E-state index in [-0.39, 0.29) is 30.0 Å². The molecular formula is C20H21F3N6. The van der Waals surface area contributed by atoms with Gasteiger partial charge in [-0.25, -0.2) is 17.9 Å². The lowest BCUT2D eigenvalue weighted by atomic mass is 9.74. The van der Waals surface area contributed by atoms with Crippen molar-refractivity contribution in [2.75, 3.05) is 36.4 Å². The predicted molar refractivity (Wildman–Crippen MR) is 105 cm³/mol. The largest absolute Gasteiger partial charge is 0.368 e. The lowest BCUT2D eigenvalue weighted by Crippen LogP contribution is -2.71. The van der Waals surface area contributed by atoms with Gasteiger partial charge in [0, 0.05) is 39.1 Å². The van der Waals surface area contributed by atoms with E-state index in [2.05, 4.69) is 20.7 Å². The molecule has 0 radical (unpaired) electrons. The molecule has 29 heavy (non-hydrogen) atoms. The number of aromatic nitrogens is 3. The van der Waals surface area contributed by atoms with Crippen molar-refractivity contribution in [1.29, 1.82) is 0 Å². The number of nitrogens with one attached hydrogen (secondary N) is 2. The van der Waals surface area contributed by atoms with Gasteiger partial charge in [0.05, 0.1) is 17.1 Å². The third kappa shape index (κ3) is 3.21. The molecule has 0 unspecified atom stereocenters. The first kappa shape index (κ1) is 18.0. The Morgan fingerprint density at radius 2 is 1.79 bits per heavy atom. The van der Waals surface area contributed by atoms with Crippen molar-refractivity contribution in [2.45, 2.75) is 6.92 Å². The highest BCUT2D eigenvalue weighted by Gasteiger charge is 2.48. The van der Waals surface area contributed by atoms with Crippen LogP contribution in [0.2, 0.25) is 0 Å². The Bertz CT molecular complexity index is 1070. The number of benzene rings is 2. The van der Waals surface area contributed by atoms with Gasteiger partial charge >= 0.3 is 0 Å². The van der Waals surface area contributed by atoms with Crippen LogP contribution in [0, 0.1) is 29.8 Å². The summed E-state index contributed by atoms with van der Waals surface area (Å²) < 4.78 is 43.2. The second kappa shape index (κ2) is 6.48. The zero-order valence-electron chi connectivity index (χ0n) is 15.7. The molecule has 9 heteroatoms.